The number of nitrogens with two attached hydrogens (primary N) is 1. The molecule has 0 saturated carbocycles. The molecular weight excluding hydrogens is 196 g/mol. The molecule has 0 bridgehead atoms. The van der Waals surface area contributed by atoms with Crippen molar-refractivity contribution < 1.29 is 4.74 Å². The SMILES string of the molecule is NCCCCOC(=S)N1CCCCC1. The maximum absolute atomic E-state index is 5.49. The maximum atomic E-state index is 5.49. The van der Waals surface area contributed by atoms with Crippen molar-refractivity contribution in [3.05, 3.63) is 0 Å². The fraction of sp³-hybridized carbons (Fsp3) is 0.900. The second-order valence-corrected chi connectivity index (χ2v) is 4.01. The lowest BCUT2D eigenvalue weighted by molar-refractivity contribution is 0.219. The van der Waals surface area contributed by atoms with Crippen LogP contribution < -0.4 is 5.73 Å². The van der Waals surface area contributed by atoms with Gasteiger partial charge in [0.05, 0.1) is 6.61 Å². The predicted octanol–water partition coefficient (Wildman–Crippen LogP) is 1.51. The van der Waals surface area contributed by atoms with Gasteiger partial charge in [-0.3, -0.25) is 0 Å². The van der Waals surface area contributed by atoms with E-state index in [9.17, 15) is 0 Å². The molecule has 0 unspecified atom stereocenters. The predicted molar refractivity (Wildman–Crippen MR) is 62.3 cm³/mol. The van der Waals surface area contributed by atoms with Crippen molar-refractivity contribution in [1.82, 2.24) is 4.90 Å². The van der Waals surface area contributed by atoms with Crippen LogP contribution in [0.4, 0.5) is 0 Å². The highest BCUT2D eigenvalue weighted by Crippen LogP contribution is 2.10. The first-order chi connectivity index (χ1) is 6.84. The van der Waals surface area contributed by atoms with E-state index in [2.05, 4.69) is 4.90 Å². The lowest BCUT2D eigenvalue weighted by atomic mass is 10.1. The summed E-state index contributed by atoms with van der Waals surface area (Å²) in [5.41, 5.74) is 5.39. The molecule has 0 amide bonds. The molecule has 82 valence electrons. The van der Waals surface area contributed by atoms with Gasteiger partial charge in [0.2, 0.25) is 0 Å². The molecule has 2 N–H and O–H groups in total. The molecule has 14 heavy (non-hydrogen) atoms. The molecule has 1 saturated heterocycles. The van der Waals surface area contributed by atoms with E-state index in [0.29, 0.717) is 11.8 Å². The molecule has 0 aliphatic carbocycles. The summed E-state index contributed by atoms with van der Waals surface area (Å²) in [4.78, 5) is 2.17. The Morgan fingerprint density at radius 3 is 2.57 bits per heavy atom. The number of nitrogens with zero attached hydrogens (tertiary/aromatic N) is 1. The third-order valence-electron chi connectivity index (χ3n) is 2.44. The first-order valence-corrected chi connectivity index (χ1v) is 5.87. The van der Waals surface area contributed by atoms with Crippen LogP contribution in [0.2, 0.25) is 0 Å². The number of likely N-dealkylation sites (tertiary alicyclic amines) is 1. The molecule has 0 aromatic rings. The van der Waals surface area contributed by atoms with E-state index in [0.717, 1.165) is 32.5 Å². The van der Waals surface area contributed by atoms with Crippen molar-refractivity contribution in [1.29, 1.82) is 0 Å². The van der Waals surface area contributed by atoms with Crippen LogP contribution in [0, 0.1) is 0 Å². The van der Waals surface area contributed by atoms with Crippen LogP contribution in [0.1, 0.15) is 32.1 Å². The summed E-state index contributed by atoms with van der Waals surface area (Å²) in [5.74, 6) is 0. The summed E-state index contributed by atoms with van der Waals surface area (Å²) in [6.07, 6.45) is 5.83. The Kier molecular flexibility index (Phi) is 5.87. The molecule has 3 nitrogen and oxygen atoms in total. The Morgan fingerprint density at radius 2 is 1.93 bits per heavy atom. The van der Waals surface area contributed by atoms with Gasteiger partial charge in [-0.25, -0.2) is 0 Å². The fourth-order valence-corrected chi connectivity index (χ4v) is 1.84. The van der Waals surface area contributed by atoms with Crippen LogP contribution in [0.15, 0.2) is 0 Å². The summed E-state index contributed by atoms with van der Waals surface area (Å²) in [6, 6.07) is 0. The minimum absolute atomic E-state index is 0.682. The average molecular weight is 216 g/mol. The zero-order valence-electron chi connectivity index (χ0n) is 8.71. The second kappa shape index (κ2) is 7.01. The first-order valence-electron chi connectivity index (χ1n) is 5.46. The number of unbranched alkanes of at least 4 members (excludes halogenated alkanes) is 1. The minimum Gasteiger partial charge on any atom is -0.471 e. The van der Waals surface area contributed by atoms with E-state index in [1.54, 1.807) is 0 Å². The van der Waals surface area contributed by atoms with Gasteiger partial charge in [-0.05, 0) is 50.9 Å². The van der Waals surface area contributed by atoms with Gasteiger partial charge in [0, 0.05) is 13.1 Å². The lowest BCUT2D eigenvalue weighted by Gasteiger charge is -2.28. The van der Waals surface area contributed by atoms with Crippen LogP contribution in [0.5, 0.6) is 0 Å². The summed E-state index contributed by atoms with van der Waals surface area (Å²) < 4.78 is 5.49. The molecule has 0 aromatic heterocycles. The number of thiocarbonyl (C=S) groups is 1. The molecule has 1 fully saturated rings. The smallest absolute Gasteiger partial charge is 0.259 e. The van der Waals surface area contributed by atoms with E-state index < -0.39 is 0 Å². The van der Waals surface area contributed by atoms with Crippen molar-refractivity contribution in [3.63, 3.8) is 0 Å². The van der Waals surface area contributed by atoms with Gasteiger partial charge in [0.1, 0.15) is 0 Å². The highest BCUT2D eigenvalue weighted by atomic mass is 32.1. The number of hydrogen-bond donors (Lipinski definition) is 1. The summed E-state index contributed by atoms with van der Waals surface area (Å²) >= 11 is 5.20. The Hall–Kier alpha value is -0.350. The fourth-order valence-electron chi connectivity index (χ4n) is 1.57. The first kappa shape index (κ1) is 11.7. The van der Waals surface area contributed by atoms with Crippen LogP contribution in [0.25, 0.3) is 0 Å². The standard InChI is InChI=1S/C10H20N2OS/c11-6-2-5-9-13-10(14)12-7-3-1-4-8-12/h1-9,11H2. The molecule has 1 heterocycles. The number of piperidine rings is 1. The quantitative estimate of drug-likeness (QED) is 0.571. The van der Waals surface area contributed by atoms with Gasteiger partial charge in [0.15, 0.2) is 0 Å². The van der Waals surface area contributed by atoms with Gasteiger partial charge in [0.25, 0.3) is 5.17 Å². The van der Waals surface area contributed by atoms with Crippen LogP contribution in [-0.2, 0) is 4.74 Å². The molecule has 0 radical (unpaired) electrons. The largest absolute Gasteiger partial charge is 0.471 e. The highest BCUT2D eigenvalue weighted by Gasteiger charge is 2.13. The van der Waals surface area contributed by atoms with E-state index in [-0.39, 0.29) is 0 Å². The van der Waals surface area contributed by atoms with Gasteiger partial charge in [-0.1, -0.05) is 0 Å². The van der Waals surface area contributed by atoms with Gasteiger partial charge in [-0.15, -0.1) is 0 Å². The van der Waals surface area contributed by atoms with Gasteiger partial charge >= 0.3 is 0 Å². The van der Waals surface area contributed by atoms with Gasteiger partial charge < -0.3 is 15.4 Å². The van der Waals surface area contributed by atoms with Gasteiger partial charge in [-0.2, -0.15) is 0 Å². The average Bonchev–Trinajstić information content (AvgIpc) is 2.25. The monoisotopic (exact) mass is 216 g/mol. The van der Waals surface area contributed by atoms with Crippen molar-refractivity contribution in [2.45, 2.75) is 32.1 Å². The topological polar surface area (TPSA) is 38.5 Å². The summed E-state index contributed by atoms with van der Waals surface area (Å²) in [5, 5.41) is 0.682. The summed E-state index contributed by atoms with van der Waals surface area (Å²) in [7, 11) is 0. The lowest BCUT2D eigenvalue weighted by Crippen LogP contribution is -2.36. The van der Waals surface area contributed by atoms with Crippen LogP contribution in [0.3, 0.4) is 0 Å². The van der Waals surface area contributed by atoms with E-state index in [1.165, 1.54) is 19.3 Å². The molecular formula is C10H20N2OS. The third kappa shape index (κ3) is 4.24. The van der Waals surface area contributed by atoms with Crippen molar-refractivity contribution in [3.8, 4) is 0 Å². The van der Waals surface area contributed by atoms with Crippen LogP contribution >= 0.6 is 12.2 Å². The van der Waals surface area contributed by atoms with E-state index in [1.807, 2.05) is 0 Å². The zero-order valence-corrected chi connectivity index (χ0v) is 9.52. The molecule has 0 aromatic carbocycles. The van der Waals surface area contributed by atoms with E-state index >= 15 is 0 Å². The molecule has 0 spiro atoms. The molecule has 1 aliphatic rings. The Morgan fingerprint density at radius 1 is 1.21 bits per heavy atom. The Bertz CT molecular complexity index is 170. The summed E-state index contributed by atoms with van der Waals surface area (Å²) in [6.45, 7) is 3.58. The molecule has 0 atom stereocenters. The molecule has 1 rings (SSSR count). The number of ether oxygens (including phenoxy) is 1. The van der Waals surface area contributed by atoms with Crippen LogP contribution in [-0.4, -0.2) is 36.3 Å². The zero-order chi connectivity index (χ0) is 10.2. The normalized spacial score (nSPS) is 16.8. The van der Waals surface area contributed by atoms with Crippen molar-refractivity contribution in [2.24, 2.45) is 5.73 Å². The second-order valence-electron chi connectivity index (χ2n) is 3.66. The van der Waals surface area contributed by atoms with E-state index in [4.69, 9.17) is 22.7 Å². The highest BCUT2D eigenvalue weighted by molar-refractivity contribution is 7.80. The maximum Gasteiger partial charge on any atom is 0.259 e. The Labute approximate surface area is 91.6 Å². The molecule has 1 aliphatic heterocycles. The molecule has 4 heteroatoms. The number of rotatable bonds is 4. The third-order valence-corrected chi connectivity index (χ3v) is 2.81. The minimum atomic E-state index is 0.682. The Balaban J connectivity index is 2.07. The number of hydrogen-bond acceptors (Lipinski definition) is 3. The van der Waals surface area contributed by atoms with Crippen molar-refractivity contribution in [2.75, 3.05) is 26.2 Å². The van der Waals surface area contributed by atoms with Crippen molar-refractivity contribution >= 4 is 17.4 Å².